The van der Waals surface area contributed by atoms with Gasteiger partial charge < -0.3 is 14.6 Å². The van der Waals surface area contributed by atoms with E-state index in [9.17, 15) is 0 Å². The predicted molar refractivity (Wildman–Crippen MR) is 57.8 cm³/mol. The Morgan fingerprint density at radius 3 is 2.94 bits per heavy atom. The Morgan fingerprint density at radius 1 is 1.19 bits per heavy atom. The molecule has 1 aromatic rings. The summed E-state index contributed by atoms with van der Waals surface area (Å²) in [5.74, 6) is 2.16. The molecule has 16 heavy (non-hydrogen) atoms. The number of morpholine rings is 1. The molecular weight excluding hydrogens is 206 g/mol. The van der Waals surface area contributed by atoms with Gasteiger partial charge in [0.1, 0.15) is 11.6 Å². The van der Waals surface area contributed by atoms with E-state index >= 15 is 0 Å². The van der Waals surface area contributed by atoms with Crippen molar-refractivity contribution in [2.75, 3.05) is 32.8 Å². The number of fused-ring (bicyclic) bond motifs is 1. The molecule has 2 aliphatic rings. The second-order valence-electron chi connectivity index (χ2n) is 4.25. The third-order valence-corrected chi connectivity index (χ3v) is 3.17. The van der Waals surface area contributed by atoms with Crippen molar-refractivity contribution in [3.05, 3.63) is 11.6 Å². The SMILES string of the molecule is C1Cn2c(nnc2CN2CCOCC2)CN1. The highest BCUT2D eigenvalue weighted by molar-refractivity contribution is 4.98. The number of hydrogen-bond donors (Lipinski definition) is 1. The second kappa shape index (κ2) is 4.48. The molecule has 1 aromatic heterocycles. The van der Waals surface area contributed by atoms with Gasteiger partial charge in [-0.2, -0.15) is 0 Å². The second-order valence-corrected chi connectivity index (χ2v) is 4.25. The molecule has 1 saturated heterocycles. The summed E-state index contributed by atoms with van der Waals surface area (Å²) in [5.41, 5.74) is 0. The summed E-state index contributed by atoms with van der Waals surface area (Å²) in [5, 5.41) is 11.8. The van der Waals surface area contributed by atoms with Crippen molar-refractivity contribution < 1.29 is 4.74 Å². The van der Waals surface area contributed by atoms with Gasteiger partial charge in [0.15, 0.2) is 0 Å². The summed E-state index contributed by atoms with van der Waals surface area (Å²) < 4.78 is 7.58. The smallest absolute Gasteiger partial charge is 0.147 e. The quantitative estimate of drug-likeness (QED) is 0.712. The monoisotopic (exact) mass is 223 g/mol. The van der Waals surface area contributed by atoms with Gasteiger partial charge in [0.25, 0.3) is 0 Å². The molecule has 0 spiro atoms. The fraction of sp³-hybridized carbons (Fsp3) is 0.800. The zero-order valence-electron chi connectivity index (χ0n) is 9.35. The van der Waals surface area contributed by atoms with Gasteiger partial charge in [0.05, 0.1) is 26.3 Å². The minimum absolute atomic E-state index is 0.836. The summed E-state index contributed by atoms with van der Waals surface area (Å²) in [6, 6.07) is 0. The zero-order chi connectivity index (χ0) is 10.8. The fourth-order valence-corrected chi connectivity index (χ4v) is 2.23. The zero-order valence-corrected chi connectivity index (χ0v) is 9.35. The van der Waals surface area contributed by atoms with E-state index in [2.05, 4.69) is 25.0 Å². The lowest BCUT2D eigenvalue weighted by atomic mass is 10.3. The van der Waals surface area contributed by atoms with Gasteiger partial charge in [-0.25, -0.2) is 0 Å². The van der Waals surface area contributed by atoms with Crippen LogP contribution in [-0.4, -0.2) is 52.5 Å². The van der Waals surface area contributed by atoms with E-state index in [4.69, 9.17) is 4.74 Å². The highest BCUT2D eigenvalue weighted by Gasteiger charge is 2.18. The molecule has 0 saturated carbocycles. The molecule has 2 aliphatic heterocycles. The van der Waals surface area contributed by atoms with E-state index in [1.54, 1.807) is 0 Å². The standard InChI is InChI=1S/C10H17N5O/c1-2-15-9(7-11-1)12-13-10(15)8-14-3-5-16-6-4-14/h11H,1-8H2. The van der Waals surface area contributed by atoms with Crippen molar-refractivity contribution >= 4 is 0 Å². The first-order valence-electron chi connectivity index (χ1n) is 5.85. The number of rotatable bonds is 2. The van der Waals surface area contributed by atoms with Gasteiger partial charge in [-0.3, -0.25) is 4.90 Å². The minimum Gasteiger partial charge on any atom is -0.379 e. The highest BCUT2D eigenvalue weighted by atomic mass is 16.5. The van der Waals surface area contributed by atoms with E-state index in [0.29, 0.717) is 0 Å². The Bertz CT molecular complexity index is 358. The van der Waals surface area contributed by atoms with Crippen LogP contribution in [0.15, 0.2) is 0 Å². The highest BCUT2D eigenvalue weighted by Crippen LogP contribution is 2.09. The number of hydrogen-bond acceptors (Lipinski definition) is 5. The Hall–Kier alpha value is -0.980. The van der Waals surface area contributed by atoms with Crippen molar-refractivity contribution in [1.82, 2.24) is 25.0 Å². The first-order chi connectivity index (χ1) is 7.93. The third kappa shape index (κ3) is 1.95. The lowest BCUT2D eigenvalue weighted by Gasteiger charge is -2.26. The lowest BCUT2D eigenvalue weighted by Crippen LogP contribution is -2.37. The molecule has 1 N–H and O–H groups in total. The van der Waals surface area contributed by atoms with E-state index in [1.165, 1.54) is 0 Å². The molecule has 3 rings (SSSR count). The number of nitrogens with zero attached hydrogens (tertiary/aromatic N) is 4. The largest absolute Gasteiger partial charge is 0.379 e. The molecule has 0 radical (unpaired) electrons. The van der Waals surface area contributed by atoms with Crippen molar-refractivity contribution in [1.29, 1.82) is 0 Å². The number of aromatic nitrogens is 3. The van der Waals surface area contributed by atoms with Gasteiger partial charge in [0.2, 0.25) is 0 Å². The Kier molecular flexibility index (Phi) is 2.86. The maximum atomic E-state index is 5.34. The van der Waals surface area contributed by atoms with Crippen LogP contribution in [0.2, 0.25) is 0 Å². The van der Waals surface area contributed by atoms with Crippen molar-refractivity contribution in [3.63, 3.8) is 0 Å². The lowest BCUT2D eigenvalue weighted by molar-refractivity contribution is 0.0324. The molecule has 0 unspecified atom stereocenters. The Balaban J connectivity index is 1.71. The predicted octanol–water partition coefficient (Wildman–Crippen LogP) is -0.786. The summed E-state index contributed by atoms with van der Waals surface area (Å²) in [7, 11) is 0. The summed E-state index contributed by atoms with van der Waals surface area (Å²) in [4.78, 5) is 2.38. The molecule has 1 fully saturated rings. The van der Waals surface area contributed by atoms with Crippen LogP contribution >= 0.6 is 0 Å². The molecule has 0 aromatic carbocycles. The molecule has 0 bridgehead atoms. The first kappa shape index (κ1) is 10.2. The van der Waals surface area contributed by atoms with Gasteiger partial charge in [-0.1, -0.05) is 0 Å². The topological polar surface area (TPSA) is 55.2 Å². The van der Waals surface area contributed by atoms with Crippen molar-refractivity contribution in [2.24, 2.45) is 0 Å². The maximum Gasteiger partial charge on any atom is 0.147 e. The summed E-state index contributed by atoms with van der Waals surface area (Å²) in [6.07, 6.45) is 0. The third-order valence-electron chi connectivity index (χ3n) is 3.17. The van der Waals surface area contributed by atoms with Crippen LogP contribution in [0.3, 0.4) is 0 Å². The first-order valence-corrected chi connectivity index (χ1v) is 5.85. The number of ether oxygens (including phenoxy) is 1. The van der Waals surface area contributed by atoms with Gasteiger partial charge >= 0.3 is 0 Å². The molecule has 6 nitrogen and oxygen atoms in total. The van der Waals surface area contributed by atoms with E-state index in [1.807, 2.05) is 0 Å². The van der Waals surface area contributed by atoms with Gasteiger partial charge in [-0.05, 0) is 0 Å². The van der Waals surface area contributed by atoms with Crippen LogP contribution < -0.4 is 5.32 Å². The van der Waals surface area contributed by atoms with Gasteiger partial charge in [-0.15, -0.1) is 10.2 Å². The van der Waals surface area contributed by atoms with Crippen LogP contribution in [0.5, 0.6) is 0 Å². The van der Waals surface area contributed by atoms with Crippen LogP contribution in [-0.2, 0) is 24.4 Å². The Morgan fingerprint density at radius 2 is 2.06 bits per heavy atom. The van der Waals surface area contributed by atoms with Crippen LogP contribution in [0, 0.1) is 0 Å². The molecule has 88 valence electrons. The molecule has 0 atom stereocenters. The molecule has 3 heterocycles. The molecule has 0 aliphatic carbocycles. The van der Waals surface area contributed by atoms with Gasteiger partial charge in [0, 0.05) is 26.2 Å². The maximum absolute atomic E-state index is 5.34. The normalized spacial score (nSPS) is 22.0. The van der Waals surface area contributed by atoms with Crippen LogP contribution in [0.4, 0.5) is 0 Å². The van der Waals surface area contributed by atoms with Crippen molar-refractivity contribution in [3.8, 4) is 0 Å². The van der Waals surface area contributed by atoms with E-state index < -0.39 is 0 Å². The van der Waals surface area contributed by atoms with Crippen LogP contribution in [0.25, 0.3) is 0 Å². The summed E-state index contributed by atoms with van der Waals surface area (Å²) in [6.45, 7) is 7.42. The van der Waals surface area contributed by atoms with Crippen molar-refractivity contribution in [2.45, 2.75) is 19.6 Å². The van der Waals surface area contributed by atoms with Crippen LogP contribution in [0.1, 0.15) is 11.6 Å². The average molecular weight is 223 g/mol. The van der Waals surface area contributed by atoms with E-state index in [-0.39, 0.29) is 0 Å². The fourth-order valence-electron chi connectivity index (χ4n) is 2.23. The molecular formula is C10H17N5O. The summed E-state index contributed by atoms with van der Waals surface area (Å²) >= 11 is 0. The molecule has 6 heteroatoms. The Labute approximate surface area is 94.6 Å². The average Bonchev–Trinajstić information content (AvgIpc) is 2.74. The van der Waals surface area contributed by atoms with E-state index in [0.717, 1.165) is 64.1 Å². The number of nitrogens with one attached hydrogen (secondary N) is 1. The molecule has 0 amide bonds. The minimum atomic E-state index is 0.836.